The highest BCUT2D eigenvalue weighted by Gasteiger charge is 2.25. The molecule has 9 heteroatoms. The molecule has 26 heavy (non-hydrogen) atoms. The van der Waals surface area contributed by atoms with Crippen molar-refractivity contribution in [1.29, 1.82) is 0 Å². The van der Waals surface area contributed by atoms with Gasteiger partial charge in [-0.1, -0.05) is 0 Å². The lowest BCUT2D eigenvalue weighted by Gasteiger charge is -2.33. The normalized spacial score (nSPS) is 18.0. The minimum atomic E-state index is -0.386. The molecular formula is C17H25N5O4. The van der Waals surface area contributed by atoms with Crippen molar-refractivity contribution in [3.8, 4) is 0 Å². The summed E-state index contributed by atoms with van der Waals surface area (Å²) in [4.78, 5) is 41.6. The molecule has 0 N–H and O–H groups in total. The number of nitrogens with zero attached hydrogens (tertiary/aromatic N) is 5. The van der Waals surface area contributed by atoms with Crippen LogP contribution in [0.4, 0.5) is 10.5 Å². The van der Waals surface area contributed by atoms with Crippen molar-refractivity contribution in [2.75, 3.05) is 51.3 Å². The maximum Gasteiger partial charge on any atom is 0.409 e. The number of anilines is 1. The van der Waals surface area contributed by atoms with Crippen molar-refractivity contribution >= 4 is 17.7 Å². The Bertz CT molecular complexity index is 705. The second-order valence-electron chi connectivity index (χ2n) is 6.60. The molecule has 2 saturated heterocycles. The molecule has 0 radical (unpaired) electrons. The van der Waals surface area contributed by atoms with Gasteiger partial charge in [0, 0.05) is 45.3 Å². The first-order valence-corrected chi connectivity index (χ1v) is 9.01. The minimum Gasteiger partial charge on any atom is -0.453 e. The van der Waals surface area contributed by atoms with E-state index in [9.17, 15) is 14.4 Å². The molecular weight excluding hydrogens is 338 g/mol. The number of amides is 2. The topological polar surface area (TPSA) is 88.0 Å². The van der Waals surface area contributed by atoms with Gasteiger partial charge in [-0.15, -0.1) is 0 Å². The first-order valence-electron chi connectivity index (χ1n) is 9.01. The molecule has 0 aliphatic carbocycles. The monoisotopic (exact) mass is 363 g/mol. The quantitative estimate of drug-likeness (QED) is 0.759. The van der Waals surface area contributed by atoms with Gasteiger partial charge in [-0.3, -0.25) is 9.59 Å². The Kier molecular flexibility index (Phi) is 5.75. The fraction of sp³-hybridized carbons (Fsp3) is 0.647. The lowest BCUT2D eigenvalue weighted by atomic mass is 10.1. The summed E-state index contributed by atoms with van der Waals surface area (Å²) in [5.41, 5.74) is 0.555. The molecule has 0 atom stereocenters. The van der Waals surface area contributed by atoms with E-state index in [0.717, 1.165) is 31.6 Å². The molecule has 0 bridgehead atoms. The largest absolute Gasteiger partial charge is 0.453 e. The van der Waals surface area contributed by atoms with E-state index in [4.69, 9.17) is 0 Å². The summed E-state index contributed by atoms with van der Waals surface area (Å²) in [6.07, 6.45) is 4.75. The third-order valence-corrected chi connectivity index (χ3v) is 4.93. The predicted octanol–water partition coefficient (Wildman–Crippen LogP) is 0.144. The minimum absolute atomic E-state index is 0.0860. The maximum absolute atomic E-state index is 12.4. The fourth-order valence-corrected chi connectivity index (χ4v) is 3.36. The van der Waals surface area contributed by atoms with E-state index in [0.29, 0.717) is 26.2 Å². The number of aromatic nitrogens is 2. The first-order chi connectivity index (χ1) is 12.6. The van der Waals surface area contributed by atoms with Gasteiger partial charge < -0.3 is 19.4 Å². The third kappa shape index (κ3) is 4.14. The molecule has 2 aliphatic rings. The van der Waals surface area contributed by atoms with Crippen LogP contribution in [0.1, 0.15) is 19.3 Å². The van der Waals surface area contributed by atoms with Crippen LogP contribution in [0.25, 0.3) is 0 Å². The van der Waals surface area contributed by atoms with Crippen LogP contribution in [0, 0.1) is 0 Å². The van der Waals surface area contributed by atoms with E-state index in [1.165, 1.54) is 18.2 Å². The second-order valence-corrected chi connectivity index (χ2v) is 6.60. The Labute approximate surface area is 152 Å². The smallest absolute Gasteiger partial charge is 0.409 e. The average Bonchev–Trinajstić information content (AvgIpc) is 2.69. The molecule has 0 spiro atoms. The molecule has 1 aromatic heterocycles. The van der Waals surface area contributed by atoms with E-state index in [1.807, 2.05) is 0 Å². The molecule has 2 fully saturated rings. The summed E-state index contributed by atoms with van der Waals surface area (Å²) < 4.78 is 5.88. The number of methoxy groups -OCH3 is 1. The van der Waals surface area contributed by atoms with Crippen molar-refractivity contribution in [2.45, 2.75) is 25.8 Å². The van der Waals surface area contributed by atoms with E-state index in [1.54, 1.807) is 22.1 Å². The Hall–Kier alpha value is -2.58. The van der Waals surface area contributed by atoms with Crippen molar-refractivity contribution in [3.63, 3.8) is 0 Å². The van der Waals surface area contributed by atoms with Gasteiger partial charge >= 0.3 is 6.09 Å². The molecule has 9 nitrogen and oxygen atoms in total. The summed E-state index contributed by atoms with van der Waals surface area (Å²) >= 11 is 0. The lowest BCUT2D eigenvalue weighted by Crippen LogP contribution is -2.51. The van der Waals surface area contributed by atoms with Gasteiger partial charge in [-0.2, -0.15) is 5.10 Å². The zero-order valence-electron chi connectivity index (χ0n) is 15.1. The Morgan fingerprint density at radius 1 is 1.04 bits per heavy atom. The van der Waals surface area contributed by atoms with E-state index in [-0.39, 0.29) is 24.1 Å². The van der Waals surface area contributed by atoms with Crippen molar-refractivity contribution < 1.29 is 14.3 Å². The van der Waals surface area contributed by atoms with Crippen LogP contribution in [0.5, 0.6) is 0 Å². The zero-order chi connectivity index (χ0) is 18.5. The molecule has 3 rings (SSSR count). The summed E-state index contributed by atoms with van der Waals surface area (Å²) in [5, 5.41) is 4.18. The van der Waals surface area contributed by atoms with Crippen molar-refractivity contribution in [1.82, 2.24) is 19.6 Å². The van der Waals surface area contributed by atoms with Crippen LogP contribution in [-0.2, 0) is 16.1 Å². The summed E-state index contributed by atoms with van der Waals surface area (Å²) in [6, 6.07) is 1.56. The highest BCUT2D eigenvalue weighted by Crippen LogP contribution is 2.16. The average molecular weight is 363 g/mol. The van der Waals surface area contributed by atoms with Crippen LogP contribution >= 0.6 is 0 Å². The van der Waals surface area contributed by atoms with E-state index < -0.39 is 0 Å². The Morgan fingerprint density at radius 3 is 2.31 bits per heavy atom. The highest BCUT2D eigenvalue weighted by molar-refractivity contribution is 5.76. The molecule has 3 heterocycles. The number of ether oxygens (including phenoxy) is 1. The highest BCUT2D eigenvalue weighted by atomic mass is 16.5. The second kappa shape index (κ2) is 8.20. The van der Waals surface area contributed by atoms with Gasteiger partial charge in [0.1, 0.15) is 6.54 Å². The number of piperazine rings is 1. The molecule has 142 valence electrons. The molecule has 1 aromatic rings. The van der Waals surface area contributed by atoms with Crippen LogP contribution < -0.4 is 10.5 Å². The number of hydrogen-bond acceptors (Lipinski definition) is 6. The van der Waals surface area contributed by atoms with Crippen LogP contribution in [-0.4, -0.2) is 78.0 Å². The molecule has 2 amide bonds. The van der Waals surface area contributed by atoms with Gasteiger partial charge in [0.15, 0.2) is 0 Å². The molecule has 2 aliphatic heterocycles. The van der Waals surface area contributed by atoms with E-state index >= 15 is 0 Å². The van der Waals surface area contributed by atoms with Crippen LogP contribution in [0.2, 0.25) is 0 Å². The van der Waals surface area contributed by atoms with Crippen molar-refractivity contribution in [2.24, 2.45) is 0 Å². The Balaban J connectivity index is 1.58. The number of rotatable bonds is 3. The zero-order valence-corrected chi connectivity index (χ0v) is 15.1. The van der Waals surface area contributed by atoms with Gasteiger partial charge in [0.2, 0.25) is 5.91 Å². The maximum atomic E-state index is 12.4. The van der Waals surface area contributed by atoms with Crippen LogP contribution in [0.15, 0.2) is 17.1 Å². The first kappa shape index (κ1) is 18.2. The summed E-state index contributed by atoms with van der Waals surface area (Å²) in [6.45, 7) is 3.49. The van der Waals surface area contributed by atoms with Gasteiger partial charge in [0.25, 0.3) is 5.56 Å². The third-order valence-electron chi connectivity index (χ3n) is 4.93. The van der Waals surface area contributed by atoms with Gasteiger partial charge in [0.05, 0.1) is 19.0 Å². The Morgan fingerprint density at radius 2 is 1.69 bits per heavy atom. The molecule has 0 unspecified atom stereocenters. The lowest BCUT2D eigenvalue weighted by molar-refractivity contribution is -0.133. The van der Waals surface area contributed by atoms with Gasteiger partial charge in [-0.05, 0) is 19.3 Å². The number of hydrogen-bond donors (Lipinski definition) is 0. The number of carbonyl (C=O) groups excluding carboxylic acids is 2. The molecule has 0 aromatic carbocycles. The SMILES string of the molecule is COC(=O)N1CCN(C(=O)Cn2ncc(N3CCCCC3)cc2=O)CC1. The van der Waals surface area contributed by atoms with E-state index in [2.05, 4.69) is 14.7 Å². The van der Waals surface area contributed by atoms with Crippen molar-refractivity contribution in [3.05, 3.63) is 22.6 Å². The number of piperidine rings is 1. The fourth-order valence-electron chi connectivity index (χ4n) is 3.36. The summed E-state index contributed by atoms with van der Waals surface area (Å²) in [5.74, 6) is -0.171. The van der Waals surface area contributed by atoms with Gasteiger partial charge in [-0.25, -0.2) is 9.48 Å². The predicted molar refractivity (Wildman–Crippen MR) is 95.1 cm³/mol. The standard InChI is InChI=1S/C17H25N5O4/c1-26-17(25)21-9-7-20(8-10-21)16(24)13-22-15(23)11-14(12-18-22)19-5-3-2-4-6-19/h11-12H,2-10,13H2,1H3. The summed E-state index contributed by atoms with van der Waals surface area (Å²) in [7, 11) is 1.34. The molecule has 0 saturated carbocycles. The van der Waals surface area contributed by atoms with Crippen LogP contribution in [0.3, 0.4) is 0 Å². The number of carbonyl (C=O) groups is 2.